The predicted octanol–water partition coefficient (Wildman–Crippen LogP) is 4.88. The van der Waals surface area contributed by atoms with Crippen LogP contribution in [-0.2, 0) is 0 Å². The highest BCUT2D eigenvalue weighted by Gasteiger charge is 2.16. The number of carbonyl (C=O) groups is 1. The lowest BCUT2D eigenvalue weighted by Crippen LogP contribution is -2.11. The number of carbonyl (C=O) groups excluding carboxylic acids is 1. The Hall–Kier alpha value is -1.34. The summed E-state index contributed by atoms with van der Waals surface area (Å²) in [5.74, 6) is -0.103. The molecule has 1 heterocycles. The van der Waals surface area contributed by atoms with Crippen LogP contribution in [0.25, 0.3) is 0 Å². The Morgan fingerprint density at radius 3 is 2.52 bits per heavy atom. The fraction of sp³-hybridized carbons (Fsp3) is 0.0833. The maximum absolute atomic E-state index is 11.9. The minimum absolute atomic E-state index is 0.0680. The molecule has 2 aromatic rings. The first kappa shape index (κ1) is 16.0. The maximum Gasteiger partial charge on any atom is 0.288 e. The molecule has 0 fully saturated rings. The number of benzene rings is 1. The lowest BCUT2D eigenvalue weighted by molar-refractivity contribution is -0.384. The second kappa shape index (κ2) is 6.62. The van der Waals surface area contributed by atoms with Crippen LogP contribution in [0.5, 0.6) is 5.75 Å². The Bertz CT molecular complexity index is 717. The van der Waals surface area contributed by atoms with Crippen LogP contribution >= 0.6 is 46.1 Å². The number of rotatable bonds is 5. The van der Waals surface area contributed by atoms with Crippen molar-refractivity contribution >= 4 is 57.6 Å². The highest BCUT2D eigenvalue weighted by Crippen LogP contribution is 2.32. The van der Waals surface area contributed by atoms with E-state index in [0.717, 1.165) is 11.3 Å². The molecule has 0 radical (unpaired) electrons. The molecular formula is C12H6Cl3NO4S. The number of thiophene rings is 1. The smallest absolute Gasteiger partial charge is 0.288 e. The first-order chi connectivity index (χ1) is 9.88. The molecule has 0 saturated heterocycles. The van der Waals surface area contributed by atoms with Gasteiger partial charge in [-0.25, -0.2) is 0 Å². The molecule has 0 aliphatic rings. The molecule has 2 rings (SSSR count). The third-order valence-electron chi connectivity index (χ3n) is 2.44. The molecule has 1 aromatic carbocycles. The summed E-state index contributed by atoms with van der Waals surface area (Å²) < 4.78 is 5.94. The largest absolute Gasteiger partial charge is 0.485 e. The second-order valence-electron chi connectivity index (χ2n) is 3.82. The van der Waals surface area contributed by atoms with E-state index in [4.69, 9.17) is 39.5 Å². The van der Waals surface area contributed by atoms with Crippen LogP contribution in [0.4, 0.5) is 5.69 Å². The van der Waals surface area contributed by atoms with Gasteiger partial charge in [-0.05, 0) is 12.1 Å². The highest BCUT2D eigenvalue weighted by atomic mass is 35.5. The molecule has 9 heteroatoms. The number of nitrogens with zero attached hydrogens (tertiary/aromatic N) is 1. The zero-order valence-corrected chi connectivity index (χ0v) is 13.2. The lowest BCUT2D eigenvalue weighted by Gasteiger charge is -2.05. The molecular weight excluding hydrogens is 361 g/mol. The third kappa shape index (κ3) is 3.85. The van der Waals surface area contributed by atoms with Crippen molar-refractivity contribution in [2.75, 3.05) is 6.61 Å². The van der Waals surface area contributed by atoms with Gasteiger partial charge < -0.3 is 4.74 Å². The van der Waals surface area contributed by atoms with Gasteiger partial charge in [0.15, 0.2) is 6.61 Å². The minimum atomic E-state index is -0.607. The Kier molecular flexibility index (Phi) is 5.05. The van der Waals surface area contributed by atoms with Crippen molar-refractivity contribution in [2.45, 2.75) is 0 Å². The summed E-state index contributed by atoms with van der Waals surface area (Å²) in [5.41, 5.74) is 0.0441. The SMILES string of the molecule is O=C(COc1ccc([N+](=O)[O-])c(Cl)c1)c1cc(Cl)sc1Cl. The molecule has 0 bridgehead atoms. The summed E-state index contributed by atoms with van der Waals surface area (Å²) >= 11 is 18.4. The fourth-order valence-corrected chi connectivity index (χ4v) is 3.22. The van der Waals surface area contributed by atoms with Gasteiger partial charge in [-0.2, -0.15) is 0 Å². The van der Waals surface area contributed by atoms with Gasteiger partial charge >= 0.3 is 0 Å². The molecule has 21 heavy (non-hydrogen) atoms. The molecule has 0 N–H and O–H groups in total. The maximum atomic E-state index is 11.9. The van der Waals surface area contributed by atoms with Crippen molar-refractivity contribution in [1.82, 2.24) is 0 Å². The summed E-state index contributed by atoms with van der Waals surface area (Å²) in [7, 11) is 0. The number of halogens is 3. The second-order valence-corrected chi connectivity index (χ2v) is 6.51. The summed E-state index contributed by atoms with van der Waals surface area (Å²) in [6.45, 7) is -0.277. The van der Waals surface area contributed by atoms with Gasteiger partial charge in [0.05, 0.1) is 14.8 Å². The molecule has 110 valence electrons. The summed E-state index contributed by atoms with van der Waals surface area (Å²) in [6, 6.07) is 5.30. The van der Waals surface area contributed by atoms with E-state index in [0.29, 0.717) is 4.34 Å². The summed E-state index contributed by atoms with van der Waals surface area (Å²) in [5, 5.41) is 10.6. The molecule has 0 aliphatic heterocycles. The zero-order chi connectivity index (χ0) is 15.6. The van der Waals surface area contributed by atoms with Crippen LogP contribution < -0.4 is 4.74 Å². The Balaban J connectivity index is 2.06. The van der Waals surface area contributed by atoms with Crippen LogP contribution in [0.1, 0.15) is 10.4 Å². The highest BCUT2D eigenvalue weighted by molar-refractivity contribution is 7.20. The van der Waals surface area contributed by atoms with E-state index in [-0.39, 0.29) is 38.7 Å². The van der Waals surface area contributed by atoms with Crippen LogP contribution in [0, 0.1) is 10.1 Å². The van der Waals surface area contributed by atoms with Gasteiger partial charge in [0.1, 0.15) is 15.1 Å². The van der Waals surface area contributed by atoms with E-state index in [9.17, 15) is 14.9 Å². The van der Waals surface area contributed by atoms with E-state index in [1.54, 1.807) is 0 Å². The zero-order valence-electron chi connectivity index (χ0n) is 10.1. The predicted molar refractivity (Wildman–Crippen MR) is 82.3 cm³/mol. The molecule has 0 unspecified atom stereocenters. The number of ether oxygens (including phenoxy) is 1. The van der Waals surface area contributed by atoms with Crippen LogP contribution in [0.3, 0.4) is 0 Å². The van der Waals surface area contributed by atoms with Crippen LogP contribution in [0.15, 0.2) is 24.3 Å². The molecule has 0 amide bonds. The van der Waals surface area contributed by atoms with E-state index in [1.165, 1.54) is 24.3 Å². The number of nitro groups is 1. The minimum Gasteiger partial charge on any atom is -0.485 e. The first-order valence-electron chi connectivity index (χ1n) is 5.43. The van der Waals surface area contributed by atoms with Crippen molar-refractivity contribution in [1.29, 1.82) is 0 Å². The third-order valence-corrected chi connectivity index (χ3v) is 4.23. The summed E-state index contributed by atoms with van der Waals surface area (Å²) in [4.78, 5) is 21.9. The lowest BCUT2D eigenvalue weighted by atomic mass is 10.2. The first-order valence-corrected chi connectivity index (χ1v) is 7.38. The average molecular weight is 367 g/mol. The molecule has 0 atom stereocenters. The van der Waals surface area contributed by atoms with Crippen molar-refractivity contribution < 1.29 is 14.5 Å². The quantitative estimate of drug-likeness (QED) is 0.429. The van der Waals surface area contributed by atoms with Gasteiger partial charge in [-0.15, -0.1) is 11.3 Å². The van der Waals surface area contributed by atoms with Crippen molar-refractivity contribution in [3.63, 3.8) is 0 Å². The normalized spacial score (nSPS) is 10.4. The molecule has 5 nitrogen and oxygen atoms in total. The molecule has 0 aliphatic carbocycles. The van der Waals surface area contributed by atoms with E-state index < -0.39 is 4.92 Å². The van der Waals surface area contributed by atoms with Crippen molar-refractivity contribution in [3.8, 4) is 5.75 Å². The monoisotopic (exact) mass is 365 g/mol. The van der Waals surface area contributed by atoms with Gasteiger partial charge in [0, 0.05) is 12.1 Å². The van der Waals surface area contributed by atoms with E-state index in [2.05, 4.69) is 0 Å². The number of nitro benzene ring substituents is 1. The number of hydrogen-bond donors (Lipinski definition) is 0. The van der Waals surface area contributed by atoms with E-state index >= 15 is 0 Å². The standard InChI is InChI=1S/C12H6Cl3NO4S/c13-8-3-6(1-2-9(8)16(18)19)20-5-10(17)7-4-11(14)21-12(7)15/h1-4H,5H2. The van der Waals surface area contributed by atoms with E-state index in [1.807, 2.05) is 0 Å². The van der Waals surface area contributed by atoms with Gasteiger partial charge in [0.2, 0.25) is 5.78 Å². The van der Waals surface area contributed by atoms with Crippen molar-refractivity contribution in [3.05, 3.63) is 53.6 Å². The molecule has 0 spiro atoms. The number of Topliss-reactive ketones (excluding diaryl/α,β-unsaturated/α-hetero) is 1. The van der Waals surface area contributed by atoms with Gasteiger partial charge in [0.25, 0.3) is 5.69 Å². The molecule has 1 aromatic heterocycles. The van der Waals surface area contributed by atoms with Gasteiger partial charge in [-0.1, -0.05) is 34.8 Å². The Morgan fingerprint density at radius 1 is 1.29 bits per heavy atom. The Labute approximate surface area is 138 Å². The topological polar surface area (TPSA) is 69.4 Å². The van der Waals surface area contributed by atoms with Gasteiger partial charge in [-0.3, -0.25) is 14.9 Å². The van der Waals surface area contributed by atoms with Crippen LogP contribution in [-0.4, -0.2) is 17.3 Å². The number of ketones is 1. The van der Waals surface area contributed by atoms with Crippen molar-refractivity contribution in [2.24, 2.45) is 0 Å². The summed E-state index contributed by atoms with van der Waals surface area (Å²) in [6.07, 6.45) is 0. The molecule has 0 saturated carbocycles. The average Bonchev–Trinajstić information content (AvgIpc) is 2.74. The number of hydrogen-bond acceptors (Lipinski definition) is 5. The Morgan fingerprint density at radius 2 is 2.00 bits per heavy atom. The van der Waals surface area contributed by atoms with Crippen LogP contribution in [0.2, 0.25) is 13.7 Å². The fourth-order valence-electron chi connectivity index (χ4n) is 1.48.